The van der Waals surface area contributed by atoms with Crippen molar-refractivity contribution in [1.82, 2.24) is 9.80 Å². The third-order valence-electron chi connectivity index (χ3n) is 5.09. The number of aliphatic hydroxyl groups excluding tert-OH is 1. The van der Waals surface area contributed by atoms with E-state index in [9.17, 15) is 9.90 Å². The molecule has 1 atom stereocenters. The van der Waals surface area contributed by atoms with E-state index in [0.29, 0.717) is 22.4 Å². The molecule has 2 aliphatic rings. The van der Waals surface area contributed by atoms with Gasteiger partial charge in [0, 0.05) is 30.7 Å². The van der Waals surface area contributed by atoms with Gasteiger partial charge in [-0.3, -0.25) is 9.69 Å². The monoisotopic (exact) mass is 352 g/mol. The van der Waals surface area contributed by atoms with Crippen molar-refractivity contribution in [2.24, 2.45) is 0 Å². The molecule has 0 radical (unpaired) electrons. The number of aliphatic hydroxyl groups is 1. The molecule has 2 fully saturated rings. The number of piperidine rings is 2. The first-order valence-corrected chi connectivity index (χ1v) is 9.01. The van der Waals surface area contributed by atoms with Gasteiger partial charge in [0.15, 0.2) is 0 Å². The van der Waals surface area contributed by atoms with Crippen molar-refractivity contribution >= 4 is 17.5 Å². The molecule has 2 heterocycles. The Kier molecular flexibility index (Phi) is 5.64. The Balaban J connectivity index is 1.61. The summed E-state index contributed by atoms with van der Waals surface area (Å²) in [7, 11) is 1.55. The first-order valence-electron chi connectivity index (χ1n) is 8.63. The van der Waals surface area contributed by atoms with Gasteiger partial charge in [-0.2, -0.15) is 0 Å². The van der Waals surface area contributed by atoms with Crippen LogP contribution in [0.1, 0.15) is 36.0 Å². The molecule has 5 nitrogen and oxygen atoms in total. The van der Waals surface area contributed by atoms with Gasteiger partial charge in [0.1, 0.15) is 5.75 Å². The largest absolute Gasteiger partial charge is 0.496 e. The maximum atomic E-state index is 12.8. The lowest BCUT2D eigenvalue weighted by Crippen LogP contribution is -2.50. The maximum Gasteiger partial charge on any atom is 0.257 e. The highest BCUT2D eigenvalue weighted by Crippen LogP contribution is 2.27. The van der Waals surface area contributed by atoms with E-state index in [1.165, 1.54) is 0 Å². The van der Waals surface area contributed by atoms with Crippen molar-refractivity contribution in [3.05, 3.63) is 28.8 Å². The van der Waals surface area contributed by atoms with Gasteiger partial charge >= 0.3 is 0 Å². The van der Waals surface area contributed by atoms with Crippen LogP contribution >= 0.6 is 11.6 Å². The molecule has 2 saturated heterocycles. The zero-order chi connectivity index (χ0) is 17.1. The number of hydrogen-bond donors (Lipinski definition) is 1. The van der Waals surface area contributed by atoms with Crippen molar-refractivity contribution in [1.29, 1.82) is 0 Å². The van der Waals surface area contributed by atoms with Gasteiger partial charge < -0.3 is 14.7 Å². The highest BCUT2D eigenvalue weighted by Gasteiger charge is 2.30. The van der Waals surface area contributed by atoms with E-state index >= 15 is 0 Å². The van der Waals surface area contributed by atoms with Gasteiger partial charge in [0.2, 0.25) is 0 Å². The van der Waals surface area contributed by atoms with Gasteiger partial charge in [-0.05, 0) is 50.4 Å². The fourth-order valence-electron chi connectivity index (χ4n) is 3.76. The average molecular weight is 353 g/mol. The number of nitrogens with zero attached hydrogens (tertiary/aromatic N) is 2. The summed E-state index contributed by atoms with van der Waals surface area (Å²) in [5, 5.41) is 10.4. The fraction of sp³-hybridized carbons (Fsp3) is 0.611. The van der Waals surface area contributed by atoms with E-state index in [1.807, 2.05) is 4.90 Å². The molecular formula is C18H25ClN2O3. The Labute approximate surface area is 148 Å². The van der Waals surface area contributed by atoms with Crippen LogP contribution < -0.4 is 4.74 Å². The second-order valence-corrected chi connectivity index (χ2v) is 7.10. The van der Waals surface area contributed by atoms with Crippen LogP contribution in [0, 0.1) is 0 Å². The van der Waals surface area contributed by atoms with Crippen LogP contribution in [0.15, 0.2) is 18.2 Å². The number of carbonyl (C=O) groups excluding carboxylic acids is 1. The topological polar surface area (TPSA) is 53.0 Å². The van der Waals surface area contributed by atoms with Crippen LogP contribution in [0.25, 0.3) is 0 Å². The lowest BCUT2D eigenvalue weighted by atomic mass is 9.98. The second kappa shape index (κ2) is 7.72. The molecule has 0 saturated carbocycles. The van der Waals surface area contributed by atoms with E-state index in [1.54, 1.807) is 25.3 Å². The lowest BCUT2D eigenvalue weighted by molar-refractivity contribution is 0.0240. The van der Waals surface area contributed by atoms with E-state index in [2.05, 4.69) is 4.90 Å². The summed E-state index contributed by atoms with van der Waals surface area (Å²) in [6, 6.07) is 5.60. The number of methoxy groups -OCH3 is 1. The molecule has 0 spiro atoms. The summed E-state index contributed by atoms with van der Waals surface area (Å²) in [6.45, 7) is 3.30. The van der Waals surface area contributed by atoms with Gasteiger partial charge in [-0.1, -0.05) is 11.6 Å². The van der Waals surface area contributed by atoms with Crippen molar-refractivity contribution in [2.45, 2.75) is 37.8 Å². The minimum absolute atomic E-state index is 0.000598. The summed E-state index contributed by atoms with van der Waals surface area (Å²) in [6.07, 6.45) is 3.67. The lowest BCUT2D eigenvalue weighted by Gasteiger charge is -2.41. The summed E-state index contributed by atoms with van der Waals surface area (Å²) in [5.74, 6) is 0.523. The van der Waals surface area contributed by atoms with Crippen LogP contribution in [0.2, 0.25) is 5.02 Å². The number of halogens is 1. The normalized spacial score (nSPS) is 23.3. The molecule has 132 valence electrons. The number of likely N-dealkylation sites (tertiary alicyclic amines) is 2. The molecule has 1 amide bonds. The Morgan fingerprint density at radius 3 is 2.67 bits per heavy atom. The number of amides is 1. The Bertz CT molecular complexity index is 588. The van der Waals surface area contributed by atoms with Gasteiger partial charge in [-0.25, -0.2) is 0 Å². The van der Waals surface area contributed by atoms with E-state index < -0.39 is 0 Å². The van der Waals surface area contributed by atoms with E-state index in [0.717, 1.165) is 51.9 Å². The van der Waals surface area contributed by atoms with Crippen molar-refractivity contribution in [3.8, 4) is 5.75 Å². The number of hydrogen-bond acceptors (Lipinski definition) is 4. The molecule has 1 N–H and O–H groups in total. The minimum Gasteiger partial charge on any atom is -0.496 e. The third-order valence-corrected chi connectivity index (χ3v) is 5.33. The molecule has 0 aromatic heterocycles. The fourth-order valence-corrected chi connectivity index (χ4v) is 3.92. The molecule has 24 heavy (non-hydrogen) atoms. The summed E-state index contributed by atoms with van der Waals surface area (Å²) >= 11 is 5.97. The highest BCUT2D eigenvalue weighted by atomic mass is 35.5. The minimum atomic E-state index is -0.197. The average Bonchev–Trinajstić information content (AvgIpc) is 2.61. The van der Waals surface area contributed by atoms with Crippen LogP contribution in [0.4, 0.5) is 0 Å². The molecule has 1 aromatic carbocycles. The first-order chi connectivity index (χ1) is 11.6. The number of ether oxygens (including phenoxy) is 1. The van der Waals surface area contributed by atoms with Gasteiger partial charge in [0.25, 0.3) is 5.91 Å². The van der Waals surface area contributed by atoms with E-state index in [-0.39, 0.29) is 12.0 Å². The molecule has 6 heteroatoms. The Morgan fingerprint density at radius 1 is 1.25 bits per heavy atom. The Hall–Kier alpha value is -1.30. The smallest absolute Gasteiger partial charge is 0.257 e. The summed E-state index contributed by atoms with van der Waals surface area (Å²) in [4.78, 5) is 17.1. The number of benzene rings is 1. The van der Waals surface area contributed by atoms with Crippen LogP contribution in [0.3, 0.4) is 0 Å². The molecule has 0 aliphatic carbocycles. The predicted molar refractivity (Wildman–Crippen MR) is 93.7 cm³/mol. The zero-order valence-electron chi connectivity index (χ0n) is 14.1. The standard InChI is InChI=1S/C18H25ClN2O3/c1-24-17-11-13(19)4-5-16(17)18(23)20-9-6-14(7-10-20)21-8-2-3-15(22)12-21/h4-5,11,14-15,22H,2-3,6-10,12H2,1H3. The highest BCUT2D eigenvalue weighted by molar-refractivity contribution is 6.30. The quantitative estimate of drug-likeness (QED) is 0.907. The third kappa shape index (κ3) is 3.85. The molecule has 2 aliphatic heterocycles. The molecular weight excluding hydrogens is 328 g/mol. The first kappa shape index (κ1) is 17.5. The van der Waals surface area contributed by atoms with Crippen LogP contribution in [-0.4, -0.2) is 66.2 Å². The van der Waals surface area contributed by atoms with Crippen molar-refractivity contribution in [2.75, 3.05) is 33.3 Å². The molecule has 0 bridgehead atoms. The van der Waals surface area contributed by atoms with Crippen LogP contribution in [-0.2, 0) is 0 Å². The van der Waals surface area contributed by atoms with E-state index in [4.69, 9.17) is 16.3 Å². The van der Waals surface area contributed by atoms with Crippen molar-refractivity contribution in [3.63, 3.8) is 0 Å². The van der Waals surface area contributed by atoms with Gasteiger partial charge in [0.05, 0.1) is 18.8 Å². The number of β-amino-alcohol motifs (C(OH)–C–C–N with tert-alkyl or cyclic N) is 1. The summed E-state index contributed by atoms with van der Waals surface area (Å²) in [5.41, 5.74) is 0.564. The zero-order valence-corrected chi connectivity index (χ0v) is 14.8. The molecule has 1 aromatic rings. The maximum absolute atomic E-state index is 12.8. The SMILES string of the molecule is COc1cc(Cl)ccc1C(=O)N1CCC(N2CCCC(O)C2)CC1. The summed E-state index contributed by atoms with van der Waals surface area (Å²) < 4.78 is 5.30. The Morgan fingerprint density at radius 2 is 2.00 bits per heavy atom. The molecule has 1 unspecified atom stereocenters. The van der Waals surface area contributed by atoms with Gasteiger partial charge in [-0.15, -0.1) is 0 Å². The van der Waals surface area contributed by atoms with Crippen molar-refractivity contribution < 1.29 is 14.6 Å². The number of rotatable bonds is 3. The second-order valence-electron chi connectivity index (χ2n) is 6.66. The predicted octanol–water partition coefficient (Wildman–Crippen LogP) is 2.41. The molecule has 3 rings (SSSR count). The van der Waals surface area contributed by atoms with Crippen LogP contribution in [0.5, 0.6) is 5.75 Å². The number of carbonyl (C=O) groups is 1.